The summed E-state index contributed by atoms with van der Waals surface area (Å²) in [5.74, 6) is 0.0130. The molecule has 2 unspecified atom stereocenters. The Hall–Kier alpha value is -3.23. The lowest BCUT2D eigenvalue weighted by Crippen LogP contribution is -2.48. The fourth-order valence-electron chi connectivity index (χ4n) is 4.04. The molecule has 0 radical (unpaired) electrons. The van der Waals surface area contributed by atoms with Gasteiger partial charge in [-0.15, -0.1) is 0 Å². The number of aromatic nitrogens is 2. The summed E-state index contributed by atoms with van der Waals surface area (Å²) in [7, 11) is 0. The largest absolute Gasteiger partial charge is 0.372 e. The zero-order valence-corrected chi connectivity index (χ0v) is 18.2. The van der Waals surface area contributed by atoms with Crippen LogP contribution in [0.15, 0.2) is 47.3 Å². The standard InChI is InChI=1S/C23H23ClN4O4/c1-13-26-17-4-2-3-15(12-25-20(30)11-14-5-7-16(24)8-6-14)21(17)23(32)28(13)18-9-10-19(29)27-22(18)31/h2-8,18,22,31H,9-12H2,1H3,(H,25,30)(H,27,29). The first-order valence-corrected chi connectivity index (χ1v) is 10.7. The first-order valence-electron chi connectivity index (χ1n) is 10.3. The van der Waals surface area contributed by atoms with Crippen LogP contribution in [-0.4, -0.2) is 32.7 Å². The molecule has 4 rings (SSSR count). The first-order chi connectivity index (χ1) is 15.3. The summed E-state index contributed by atoms with van der Waals surface area (Å²) in [6, 6.07) is 11.7. The van der Waals surface area contributed by atoms with Crippen molar-refractivity contribution in [1.29, 1.82) is 0 Å². The number of hydrogen-bond acceptors (Lipinski definition) is 5. The fourth-order valence-corrected chi connectivity index (χ4v) is 4.17. The number of aliphatic hydroxyl groups excluding tert-OH is 1. The molecule has 1 aromatic heterocycles. The van der Waals surface area contributed by atoms with Crippen molar-refractivity contribution in [2.24, 2.45) is 0 Å². The second-order valence-corrected chi connectivity index (χ2v) is 8.28. The summed E-state index contributed by atoms with van der Waals surface area (Å²) >= 11 is 5.88. The Morgan fingerprint density at radius 1 is 1.25 bits per heavy atom. The van der Waals surface area contributed by atoms with Crippen LogP contribution < -0.4 is 16.2 Å². The number of nitrogens with one attached hydrogen (secondary N) is 2. The second kappa shape index (κ2) is 9.10. The number of aliphatic hydroxyl groups is 1. The van der Waals surface area contributed by atoms with Crippen LogP contribution in [0.5, 0.6) is 0 Å². The number of carbonyl (C=O) groups excluding carboxylic acids is 2. The van der Waals surface area contributed by atoms with E-state index in [1.807, 2.05) is 0 Å². The molecule has 8 nitrogen and oxygen atoms in total. The third kappa shape index (κ3) is 4.51. The maximum atomic E-state index is 13.4. The van der Waals surface area contributed by atoms with E-state index in [0.717, 1.165) is 5.56 Å². The minimum absolute atomic E-state index is 0.160. The average molecular weight is 455 g/mol. The number of amides is 2. The Balaban J connectivity index is 1.61. The van der Waals surface area contributed by atoms with E-state index in [4.69, 9.17) is 11.6 Å². The van der Waals surface area contributed by atoms with E-state index in [2.05, 4.69) is 15.6 Å². The molecule has 1 fully saturated rings. The maximum Gasteiger partial charge on any atom is 0.262 e. The van der Waals surface area contributed by atoms with Crippen molar-refractivity contribution in [1.82, 2.24) is 20.2 Å². The van der Waals surface area contributed by atoms with Gasteiger partial charge in [-0.2, -0.15) is 0 Å². The molecule has 9 heteroatoms. The smallest absolute Gasteiger partial charge is 0.262 e. The maximum absolute atomic E-state index is 13.4. The van der Waals surface area contributed by atoms with E-state index < -0.39 is 12.3 Å². The van der Waals surface area contributed by atoms with Gasteiger partial charge in [0, 0.05) is 18.0 Å². The molecule has 3 N–H and O–H groups in total. The minimum Gasteiger partial charge on any atom is -0.372 e. The van der Waals surface area contributed by atoms with Gasteiger partial charge in [-0.05, 0) is 42.7 Å². The molecule has 1 aliphatic heterocycles. The Kier molecular flexibility index (Phi) is 6.25. The molecule has 1 aliphatic rings. The predicted molar refractivity (Wildman–Crippen MR) is 120 cm³/mol. The Morgan fingerprint density at radius 2 is 2.00 bits per heavy atom. The monoisotopic (exact) mass is 454 g/mol. The van der Waals surface area contributed by atoms with E-state index in [1.165, 1.54) is 4.57 Å². The van der Waals surface area contributed by atoms with Crippen LogP contribution in [-0.2, 0) is 22.6 Å². The van der Waals surface area contributed by atoms with Crippen LogP contribution in [0.2, 0.25) is 5.02 Å². The van der Waals surface area contributed by atoms with Crippen molar-refractivity contribution in [3.05, 3.63) is 74.8 Å². The molecule has 166 valence electrons. The van der Waals surface area contributed by atoms with Crippen molar-refractivity contribution in [2.75, 3.05) is 0 Å². The molecule has 0 aliphatic carbocycles. The van der Waals surface area contributed by atoms with Crippen LogP contribution in [0.25, 0.3) is 10.9 Å². The lowest BCUT2D eigenvalue weighted by molar-refractivity contribution is -0.128. The van der Waals surface area contributed by atoms with Gasteiger partial charge in [0.2, 0.25) is 11.8 Å². The van der Waals surface area contributed by atoms with E-state index >= 15 is 0 Å². The molecule has 2 aromatic carbocycles. The lowest BCUT2D eigenvalue weighted by atomic mass is 10.0. The minimum atomic E-state index is -1.17. The number of carbonyl (C=O) groups is 2. The highest BCUT2D eigenvalue weighted by Crippen LogP contribution is 2.23. The zero-order chi connectivity index (χ0) is 22.8. The Morgan fingerprint density at radius 3 is 2.72 bits per heavy atom. The van der Waals surface area contributed by atoms with Crippen molar-refractivity contribution in [3.8, 4) is 0 Å². The van der Waals surface area contributed by atoms with Crippen LogP contribution in [0.4, 0.5) is 0 Å². The molecule has 32 heavy (non-hydrogen) atoms. The van der Waals surface area contributed by atoms with Gasteiger partial charge in [-0.25, -0.2) is 4.98 Å². The summed E-state index contributed by atoms with van der Waals surface area (Å²) in [5, 5.41) is 16.6. The van der Waals surface area contributed by atoms with E-state index in [-0.39, 0.29) is 36.8 Å². The number of benzene rings is 2. The summed E-state index contributed by atoms with van der Waals surface area (Å²) < 4.78 is 1.44. The molecular weight excluding hydrogens is 432 g/mol. The van der Waals surface area contributed by atoms with Gasteiger partial charge >= 0.3 is 0 Å². The summed E-state index contributed by atoms with van der Waals surface area (Å²) in [4.78, 5) is 42.0. The lowest BCUT2D eigenvalue weighted by Gasteiger charge is -2.31. The number of nitrogens with zero attached hydrogens (tertiary/aromatic N) is 2. The summed E-state index contributed by atoms with van der Waals surface area (Å²) in [6.07, 6.45) is -0.426. The van der Waals surface area contributed by atoms with Gasteiger partial charge in [0.1, 0.15) is 12.1 Å². The number of halogens is 1. The first kappa shape index (κ1) is 22.0. The third-order valence-electron chi connectivity index (χ3n) is 5.62. The van der Waals surface area contributed by atoms with Crippen molar-refractivity contribution < 1.29 is 14.7 Å². The number of piperidine rings is 1. The quantitative estimate of drug-likeness (QED) is 0.545. The number of fused-ring (bicyclic) bond motifs is 1. The van der Waals surface area contributed by atoms with Crippen LogP contribution in [0, 0.1) is 6.92 Å². The summed E-state index contributed by atoms with van der Waals surface area (Å²) in [6.45, 7) is 1.86. The Labute approximate surface area is 189 Å². The number of aryl methyl sites for hydroxylation is 1. The summed E-state index contributed by atoms with van der Waals surface area (Å²) in [5.41, 5.74) is 1.67. The highest BCUT2D eigenvalue weighted by molar-refractivity contribution is 6.30. The van der Waals surface area contributed by atoms with E-state index in [9.17, 15) is 19.5 Å². The highest BCUT2D eigenvalue weighted by Gasteiger charge is 2.30. The van der Waals surface area contributed by atoms with Crippen LogP contribution >= 0.6 is 11.6 Å². The predicted octanol–water partition coefficient (Wildman–Crippen LogP) is 1.99. The third-order valence-corrected chi connectivity index (χ3v) is 5.87. The van der Waals surface area contributed by atoms with Gasteiger partial charge in [0.05, 0.1) is 23.4 Å². The molecule has 2 heterocycles. The van der Waals surface area contributed by atoms with Crippen molar-refractivity contribution in [2.45, 2.75) is 45.0 Å². The van der Waals surface area contributed by atoms with Gasteiger partial charge in [-0.3, -0.25) is 19.0 Å². The van der Waals surface area contributed by atoms with E-state index in [0.29, 0.717) is 33.7 Å². The molecule has 0 saturated carbocycles. The molecular formula is C23H23ClN4O4. The number of rotatable bonds is 5. The molecule has 0 bridgehead atoms. The van der Waals surface area contributed by atoms with Crippen LogP contribution in [0.1, 0.15) is 35.8 Å². The van der Waals surface area contributed by atoms with E-state index in [1.54, 1.807) is 49.4 Å². The fraction of sp³-hybridized carbons (Fsp3) is 0.304. The molecule has 1 saturated heterocycles. The Bertz CT molecular complexity index is 1240. The average Bonchev–Trinajstić information content (AvgIpc) is 2.75. The molecule has 2 amide bonds. The highest BCUT2D eigenvalue weighted by atomic mass is 35.5. The topological polar surface area (TPSA) is 113 Å². The second-order valence-electron chi connectivity index (χ2n) is 7.84. The van der Waals surface area contributed by atoms with Gasteiger partial charge < -0.3 is 15.7 Å². The molecule has 0 spiro atoms. The van der Waals surface area contributed by atoms with Gasteiger partial charge in [-0.1, -0.05) is 35.9 Å². The molecule has 2 atom stereocenters. The molecule has 3 aromatic rings. The normalized spacial score (nSPS) is 18.4. The zero-order valence-electron chi connectivity index (χ0n) is 17.5. The SMILES string of the molecule is Cc1nc2cccc(CNC(=O)Cc3ccc(Cl)cc3)c2c(=O)n1C1CCC(=O)NC1O. The van der Waals surface area contributed by atoms with Crippen LogP contribution in [0.3, 0.4) is 0 Å². The van der Waals surface area contributed by atoms with Gasteiger partial charge in [0.15, 0.2) is 0 Å². The van der Waals surface area contributed by atoms with Gasteiger partial charge in [0.25, 0.3) is 5.56 Å². The van der Waals surface area contributed by atoms with Crippen molar-refractivity contribution in [3.63, 3.8) is 0 Å². The van der Waals surface area contributed by atoms with Crippen molar-refractivity contribution >= 4 is 34.3 Å². The number of hydrogen-bond donors (Lipinski definition) is 3.